The van der Waals surface area contributed by atoms with Crippen LogP contribution in [0.2, 0.25) is 0 Å². The Morgan fingerprint density at radius 3 is 2.39 bits per heavy atom. The van der Waals surface area contributed by atoms with Crippen LogP contribution in [-0.2, 0) is 4.79 Å². The number of aliphatic carboxylic acids is 1. The number of nitrogens with zero attached hydrogens (tertiary/aromatic N) is 2. The molecule has 1 atom stereocenters. The van der Waals surface area contributed by atoms with Crippen LogP contribution in [0, 0.1) is 0 Å². The quantitative estimate of drug-likeness (QED) is 0.599. The third kappa shape index (κ3) is 4.50. The van der Waals surface area contributed by atoms with Crippen LogP contribution in [0.4, 0.5) is 4.79 Å². The number of piperazine rings is 1. The van der Waals surface area contributed by atoms with Gasteiger partial charge in [-0.2, -0.15) is 0 Å². The summed E-state index contributed by atoms with van der Waals surface area (Å²) in [6, 6.07) is -0.313. The number of nitrogens with one attached hydrogen (secondary N) is 1. The minimum Gasteiger partial charge on any atom is -0.479 e. The maximum Gasteiger partial charge on any atom is 0.334 e. The fourth-order valence-corrected chi connectivity index (χ4v) is 1.87. The van der Waals surface area contributed by atoms with Crippen molar-refractivity contribution < 1.29 is 19.8 Å². The Labute approximate surface area is 106 Å². The highest BCUT2D eigenvalue weighted by atomic mass is 16.4. The zero-order valence-electron chi connectivity index (χ0n) is 10.6. The van der Waals surface area contributed by atoms with Crippen LogP contribution in [0.3, 0.4) is 0 Å². The van der Waals surface area contributed by atoms with Crippen LogP contribution in [0.15, 0.2) is 0 Å². The average Bonchev–Trinajstić information content (AvgIpc) is 2.36. The molecule has 0 aromatic rings. The van der Waals surface area contributed by atoms with E-state index in [1.165, 1.54) is 0 Å². The van der Waals surface area contributed by atoms with E-state index in [0.29, 0.717) is 13.1 Å². The number of amides is 2. The Hall–Kier alpha value is -1.34. The number of aliphatic hydroxyl groups excluding tert-OH is 1. The highest BCUT2D eigenvalue weighted by molar-refractivity contribution is 5.76. The summed E-state index contributed by atoms with van der Waals surface area (Å²) < 4.78 is 0. The van der Waals surface area contributed by atoms with E-state index < -0.39 is 12.1 Å². The molecule has 0 aliphatic carbocycles. The predicted octanol–water partition coefficient (Wildman–Crippen LogP) is -0.831. The van der Waals surface area contributed by atoms with Crippen molar-refractivity contribution in [1.82, 2.24) is 15.1 Å². The zero-order valence-corrected chi connectivity index (χ0v) is 10.6. The van der Waals surface area contributed by atoms with Crippen LogP contribution in [0.25, 0.3) is 0 Å². The first-order chi connectivity index (χ1) is 8.54. The molecule has 1 fully saturated rings. The Morgan fingerprint density at radius 2 is 1.89 bits per heavy atom. The van der Waals surface area contributed by atoms with Crippen molar-refractivity contribution in [3.8, 4) is 0 Å². The van der Waals surface area contributed by atoms with E-state index in [-0.39, 0.29) is 12.6 Å². The molecule has 1 aliphatic rings. The van der Waals surface area contributed by atoms with Crippen LogP contribution in [-0.4, -0.2) is 77.4 Å². The van der Waals surface area contributed by atoms with Gasteiger partial charge in [-0.1, -0.05) is 6.92 Å². The van der Waals surface area contributed by atoms with Gasteiger partial charge in [-0.3, -0.25) is 4.90 Å². The van der Waals surface area contributed by atoms with E-state index in [9.17, 15) is 9.59 Å². The van der Waals surface area contributed by atoms with Crippen molar-refractivity contribution >= 4 is 12.0 Å². The zero-order chi connectivity index (χ0) is 13.5. The van der Waals surface area contributed by atoms with Gasteiger partial charge in [-0.25, -0.2) is 9.59 Å². The second-order valence-electron chi connectivity index (χ2n) is 4.37. The van der Waals surface area contributed by atoms with Crippen LogP contribution in [0.1, 0.15) is 13.3 Å². The molecule has 0 radical (unpaired) electrons. The molecule has 1 aliphatic heterocycles. The Balaban J connectivity index is 2.25. The summed E-state index contributed by atoms with van der Waals surface area (Å²) in [6.45, 7) is 5.83. The first-order valence-corrected chi connectivity index (χ1v) is 6.20. The number of carbonyl (C=O) groups is 2. The number of urea groups is 1. The SMILES string of the molecule is CCCN1CCN(C(=O)NC[C@H](O)C(=O)O)CC1. The van der Waals surface area contributed by atoms with Gasteiger partial charge in [0.15, 0.2) is 6.10 Å². The monoisotopic (exact) mass is 259 g/mol. The van der Waals surface area contributed by atoms with Crippen molar-refractivity contribution in [2.75, 3.05) is 39.3 Å². The first kappa shape index (κ1) is 14.7. The fraction of sp³-hybridized carbons (Fsp3) is 0.818. The molecule has 18 heavy (non-hydrogen) atoms. The van der Waals surface area contributed by atoms with Gasteiger partial charge in [0.05, 0.1) is 6.54 Å². The van der Waals surface area contributed by atoms with Gasteiger partial charge < -0.3 is 20.4 Å². The summed E-state index contributed by atoms with van der Waals surface area (Å²) in [6.07, 6.45) is -0.452. The molecule has 1 heterocycles. The normalized spacial score (nSPS) is 18.4. The lowest BCUT2D eigenvalue weighted by Crippen LogP contribution is -2.53. The molecular formula is C11H21N3O4. The summed E-state index contributed by atoms with van der Waals surface area (Å²) in [5.41, 5.74) is 0. The predicted molar refractivity (Wildman–Crippen MR) is 65.3 cm³/mol. The average molecular weight is 259 g/mol. The van der Waals surface area contributed by atoms with Gasteiger partial charge in [0.2, 0.25) is 0 Å². The molecule has 2 amide bonds. The topological polar surface area (TPSA) is 93.1 Å². The minimum absolute atomic E-state index is 0.261. The number of carbonyl (C=O) groups excluding carboxylic acids is 1. The summed E-state index contributed by atoms with van der Waals surface area (Å²) in [5, 5.41) is 19.9. The second kappa shape index (κ2) is 7.17. The van der Waals surface area contributed by atoms with Gasteiger partial charge in [-0.15, -0.1) is 0 Å². The lowest BCUT2D eigenvalue weighted by molar-refractivity contribution is -0.146. The van der Waals surface area contributed by atoms with E-state index >= 15 is 0 Å². The van der Waals surface area contributed by atoms with Crippen LogP contribution < -0.4 is 5.32 Å². The molecule has 0 unspecified atom stereocenters. The third-order valence-corrected chi connectivity index (χ3v) is 2.93. The molecule has 0 bridgehead atoms. The third-order valence-electron chi connectivity index (χ3n) is 2.93. The maximum atomic E-state index is 11.7. The minimum atomic E-state index is -1.55. The number of rotatable bonds is 5. The first-order valence-electron chi connectivity index (χ1n) is 6.20. The second-order valence-corrected chi connectivity index (χ2v) is 4.37. The van der Waals surface area contributed by atoms with Crippen LogP contribution >= 0.6 is 0 Å². The Morgan fingerprint density at radius 1 is 1.28 bits per heavy atom. The smallest absolute Gasteiger partial charge is 0.334 e. The van der Waals surface area contributed by atoms with Crippen molar-refractivity contribution in [1.29, 1.82) is 0 Å². The van der Waals surface area contributed by atoms with E-state index in [4.69, 9.17) is 10.2 Å². The summed E-state index contributed by atoms with van der Waals surface area (Å²) >= 11 is 0. The van der Waals surface area contributed by atoms with Gasteiger partial charge in [-0.05, 0) is 13.0 Å². The lowest BCUT2D eigenvalue weighted by Gasteiger charge is -2.34. The molecule has 104 valence electrons. The maximum absolute atomic E-state index is 11.7. The number of hydrogen-bond donors (Lipinski definition) is 3. The number of carboxylic acid groups (broad SMARTS) is 1. The molecule has 0 saturated carbocycles. The Kier molecular flexibility index (Phi) is 5.87. The van der Waals surface area contributed by atoms with Gasteiger partial charge in [0.1, 0.15) is 0 Å². The molecule has 7 nitrogen and oxygen atoms in total. The van der Waals surface area contributed by atoms with Gasteiger partial charge in [0, 0.05) is 26.2 Å². The summed E-state index contributed by atoms with van der Waals surface area (Å²) in [4.78, 5) is 26.0. The molecule has 1 saturated heterocycles. The van der Waals surface area contributed by atoms with E-state index in [1.54, 1.807) is 4.90 Å². The largest absolute Gasteiger partial charge is 0.479 e. The summed E-state index contributed by atoms with van der Waals surface area (Å²) in [5.74, 6) is -1.33. The summed E-state index contributed by atoms with van der Waals surface area (Å²) in [7, 11) is 0. The Bertz CT molecular complexity index is 290. The number of hydrogen-bond acceptors (Lipinski definition) is 4. The molecule has 3 N–H and O–H groups in total. The van der Waals surface area contributed by atoms with E-state index in [2.05, 4.69) is 17.1 Å². The van der Waals surface area contributed by atoms with Crippen molar-refractivity contribution in [3.05, 3.63) is 0 Å². The van der Waals surface area contributed by atoms with Crippen LogP contribution in [0.5, 0.6) is 0 Å². The van der Waals surface area contributed by atoms with Crippen molar-refractivity contribution in [2.45, 2.75) is 19.4 Å². The van der Waals surface area contributed by atoms with Gasteiger partial charge in [0.25, 0.3) is 0 Å². The van der Waals surface area contributed by atoms with Crippen molar-refractivity contribution in [3.63, 3.8) is 0 Å². The number of carboxylic acids is 1. The number of aliphatic hydroxyl groups is 1. The molecular weight excluding hydrogens is 238 g/mol. The highest BCUT2D eigenvalue weighted by Crippen LogP contribution is 2.02. The fourth-order valence-electron chi connectivity index (χ4n) is 1.87. The molecule has 0 spiro atoms. The molecule has 0 aromatic carbocycles. The van der Waals surface area contributed by atoms with E-state index in [0.717, 1.165) is 26.1 Å². The molecule has 0 aromatic heterocycles. The van der Waals surface area contributed by atoms with Gasteiger partial charge >= 0.3 is 12.0 Å². The lowest BCUT2D eigenvalue weighted by atomic mass is 10.3. The highest BCUT2D eigenvalue weighted by Gasteiger charge is 2.21. The standard InChI is InChI=1S/C11H21N3O4/c1-2-3-13-4-6-14(7-5-13)11(18)12-8-9(15)10(16)17/h9,15H,2-8H2,1H3,(H,12,18)(H,16,17)/t9-/m0/s1. The molecule has 1 rings (SSSR count). The molecule has 7 heteroatoms. The van der Waals surface area contributed by atoms with E-state index in [1.807, 2.05) is 0 Å². The van der Waals surface area contributed by atoms with Crippen molar-refractivity contribution in [2.24, 2.45) is 0 Å².